The van der Waals surface area contributed by atoms with Crippen LogP contribution in [0.5, 0.6) is 5.75 Å². The van der Waals surface area contributed by atoms with Crippen LogP contribution < -0.4 is 10.2 Å². The van der Waals surface area contributed by atoms with Crippen molar-refractivity contribution in [2.24, 2.45) is 0 Å². The van der Waals surface area contributed by atoms with Gasteiger partial charge in [-0.1, -0.05) is 0 Å². The molecule has 1 heterocycles. The fourth-order valence-electron chi connectivity index (χ4n) is 1.74. The van der Waals surface area contributed by atoms with Crippen molar-refractivity contribution >= 4 is 11.4 Å². The number of hydrazine groups is 1. The maximum atomic E-state index is 10.7. The van der Waals surface area contributed by atoms with Crippen molar-refractivity contribution in [1.29, 1.82) is 0 Å². The molecule has 0 amide bonds. The van der Waals surface area contributed by atoms with Gasteiger partial charge in [0.25, 0.3) is 5.69 Å². The van der Waals surface area contributed by atoms with Crippen LogP contribution >= 0.6 is 0 Å². The van der Waals surface area contributed by atoms with E-state index in [0.29, 0.717) is 24.7 Å². The smallest absolute Gasteiger partial charge is 0.271 e. The second-order valence-electron chi connectivity index (χ2n) is 3.85. The van der Waals surface area contributed by atoms with Gasteiger partial charge < -0.3 is 14.9 Å². The Kier molecular flexibility index (Phi) is 3.96. The van der Waals surface area contributed by atoms with Gasteiger partial charge in [-0.05, 0) is 6.07 Å². The van der Waals surface area contributed by atoms with Crippen molar-refractivity contribution in [3.05, 3.63) is 28.3 Å². The van der Waals surface area contributed by atoms with Gasteiger partial charge in [-0.25, -0.2) is 5.01 Å². The molecule has 1 aromatic rings. The van der Waals surface area contributed by atoms with E-state index >= 15 is 0 Å². The maximum Gasteiger partial charge on any atom is 0.271 e. The first kappa shape index (κ1) is 12.6. The van der Waals surface area contributed by atoms with Crippen LogP contribution in [-0.4, -0.2) is 43.3 Å². The van der Waals surface area contributed by atoms with Crippen molar-refractivity contribution in [1.82, 2.24) is 5.01 Å². The average Bonchev–Trinajstić information content (AvgIpc) is 2.39. The topological polar surface area (TPSA) is 76.9 Å². The van der Waals surface area contributed by atoms with E-state index in [1.54, 1.807) is 6.07 Å². The minimum absolute atomic E-state index is 0.0339. The number of nitro groups is 1. The molecule has 0 bridgehead atoms. The number of anilines is 1. The van der Waals surface area contributed by atoms with E-state index in [1.807, 2.05) is 5.01 Å². The van der Waals surface area contributed by atoms with E-state index in [-0.39, 0.29) is 5.69 Å². The molecule has 1 fully saturated rings. The number of benzene rings is 1. The zero-order valence-corrected chi connectivity index (χ0v) is 10.1. The molecule has 0 radical (unpaired) electrons. The van der Waals surface area contributed by atoms with Gasteiger partial charge >= 0.3 is 0 Å². The van der Waals surface area contributed by atoms with Crippen molar-refractivity contribution in [2.75, 3.05) is 38.8 Å². The van der Waals surface area contributed by atoms with Crippen LogP contribution in [0.1, 0.15) is 0 Å². The molecular weight excluding hydrogens is 238 g/mol. The van der Waals surface area contributed by atoms with E-state index in [9.17, 15) is 10.1 Å². The Morgan fingerprint density at radius 2 is 2.17 bits per heavy atom. The van der Waals surface area contributed by atoms with E-state index in [0.717, 1.165) is 13.1 Å². The molecule has 98 valence electrons. The summed E-state index contributed by atoms with van der Waals surface area (Å²) in [7, 11) is 1.53. The number of methoxy groups -OCH3 is 1. The lowest BCUT2D eigenvalue weighted by atomic mass is 10.2. The van der Waals surface area contributed by atoms with Gasteiger partial charge in [0.05, 0.1) is 30.9 Å². The van der Waals surface area contributed by atoms with Crippen LogP contribution in [-0.2, 0) is 4.74 Å². The van der Waals surface area contributed by atoms with Crippen molar-refractivity contribution < 1.29 is 14.4 Å². The van der Waals surface area contributed by atoms with Crippen molar-refractivity contribution in [2.45, 2.75) is 0 Å². The lowest BCUT2D eigenvalue weighted by molar-refractivity contribution is -0.384. The predicted octanol–water partition coefficient (Wildman–Crippen LogP) is 1.26. The highest BCUT2D eigenvalue weighted by molar-refractivity contribution is 5.61. The number of nitro benzene ring substituents is 1. The quantitative estimate of drug-likeness (QED) is 0.643. The average molecular weight is 253 g/mol. The van der Waals surface area contributed by atoms with Gasteiger partial charge in [-0.15, -0.1) is 0 Å². The Bertz CT molecular complexity index is 432. The molecule has 1 aliphatic heterocycles. The largest absolute Gasteiger partial charge is 0.495 e. The Labute approximate surface area is 104 Å². The lowest BCUT2D eigenvalue weighted by Crippen LogP contribution is -2.40. The molecular formula is C11H15N3O4. The number of nitrogens with one attached hydrogen (secondary N) is 1. The van der Waals surface area contributed by atoms with E-state index in [4.69, 9.17) is 9.47 Å². The fourth-order valence-corrected chi connectivity index (χ4v) is 1.74. The highest BCUT2D eigenvalue weighted by atomic mass is 16.6. The second kappa shape index (κ2) is 5.65. The molecule has 7 nitrogen and oxygen atoms in total. The second-order valence-corrected chi connectivity index (χ2v) is 3.85. The van der Waals surface area contributed by atoms with E-state index in [1.165, 1.54) is 19.2 Å². The first-order valence-corrected chi connectivity index (χ1v) is 5.62. The molecule has 1 N–H and O–H groups in total. The zero-order valence-electron chi connectivity index (χ0n) is 10.1. The molecule has 1 aromatic carbocycles. The first-order valence-electron chi connectivity index (χ1n) is 5.62. The minimum Gasteiger partial charge on any atom is -0.495 e. The Balaban J connectivity index is 2.17. The van der Waals surface area contributed by atoms with Crippen LogP contribution in [0.4, 0.5) is 11.4 Å². The van der Waals surface area contributed by atoms with Gasteiger partial charge in [0.2, 0.25) is 0 Å². The van der Waals surface area contributed by atoms with Gasteiger partial charge in [-0.3, -0.25) is 10.1 Å². The summed E-state index contributed by atoms with van der Waals surface area (Å²) in [4.78, 5) is 10.3. The highest BCUT2D eigenvalue weighted by Crippen LogP contribution is 2.29. The number of ether oxygens (including phenoxy) is 2. The van der Waals surface area contributed by atoms with Crippen LogP contribution in [0.3, 0.4) is 0 Å². The Hall–Kier alpha value is -1.86. The summed E-state index contributed by atoms with van der Waals surface area (Å²) in [5, 5.41) is 12.7. The molecule has 0 saturated carbocycles. The highest BCUT2D eigenvalue weighted by Gasteiger charge is 2.15. The minimum atomic E-state index is -0.427. The first-order chi connectivity index (χ1) is 8.70. The number of hydrogen-bond acceptors (Lipinski definition) is 6. The maximum absolute atomic E-state index is 10.7. The summed E-state index contributed by atoms with van der Waals surface area (Å²) in [6, 6.07) is 4.47. The van der Waals surface area contributed by atoms with Gasteiger partial charge in [0.1, 0.15) is 5.75 Å². The fraction of sp³-hybridized carbons (Fsp3) is 0.455. The third kappa shape index (κ3) is 2.88. The molecule has 1 saturated heterocycles. The monoisotopic (exact) mass is 253 g/mol. The Morgan fingerprint density at radius 1 is 1.44 bits per heavy atom. The van der Waals surface area contributed by atoms with Crippen LogP contribution in [0, 0.1) is 10.1 Å². The molecule has 0 atom stereocenters. The normalized spacial score (nSPS) is 16.3. The zero-order chi connectivity index (χ0) is 13.0. The third-order valence-corrected chi connectivity index (χ3v) is 2.68. The van der Waals surface area contributed by atoms with Crippen LogP contribution in [0.15, 0.2) is 18.2 Å². The van der Waals surface area contributed by atoms with Gasteiger partial charge in [0.15, 0.2) is 0 Å². The SMILES string of the molecule is COc1ccc([N+](=O)[O-])cc1NN1CCOCC1. The molecule has 7 heteroatoms. The summed E-state index contributed by atoms with van der Waals surface area (Å²) in [5.41, 5.74) is 3.74. The van der Waals surface area contributed by atoms with E-state index in [2.05, 4.69) is 5.43 Å². The summed E-state index contributed by atoms with van der Waals surface area (Å²) in [6.45, 7) is 2.74. The number of morpholine rings is 1. The third-order valence-electron chi connectivity index (χ3n) is 2.68. The molecule has 0 unspecified atom stereocenters. The molecule has 1 aliphatic rings. The van der Waals surface area contributed by atoms with Crippen LogP contribution in [0.2, 0.25) is 0 Å². The summed E-state index contributed by atoms with van der Waals surface area (Å²) in [6.07, 6.45) is 0. The summed E-state index contributed by atoms with van der Waals surface area (Å²) < 4.78 is 10.4. The number of nitrogens with zero attached hydrogens (tertiary/aromatic N) is 2. The molecule has 0 spiro atoms. The van der Waals surface area contributed by atoms with E-state index < -0.39 is 4.92 Å². The molecule has 18 heavy (non-hydrogen) atoms. The number of non-ortho nitro benzene ring substituents is 1. The standard InChI is InChI=1S/C11H15N3O4/c1-17-11-3-2-9(14(15)16)8-10(11)12-13-4-6-18-7-5-13/h2-3,8,12H,4-7H2,1H3. The van der Waals surface area contributed by atoms with Gasteiger partial charge in [-0.2, -0.15) is 0 Å². The number of hydrogen-bond donors (Lipinski definition) is 1. The van der Waals surface area contributed by atoms with Crippen molar-refractivity contribution in [3.8, 4) is 5.75 Å². The summed E-state index contributed by atoms with van der Waals surface area (Å²) in [5.74, 6) is 0.576. The molecule has 0 aromatic heterocycles. The molecule has 0 aliphatic carbocycles. The Morgan fingerprint density at radius 3 is 2.78 bits per heavy atom. The van der Waals surface area contributed by atoms with Crippen LogP contribution in [0.25, 0.3) is 0 Å². The van der Waals surface area contributed by atoms with Crippen molar-refractivity contribution in [3.63, 3.8) is 0 Å². The summed E-state index contributed by atoms with van der Waals surface area (Å²) >= 11 is 0. The molecule has 2 rings (SSSR count). The lowest BCUT2D eigenvalue weighted by Gasteiger charge is -2.28. The van der Waals surface area contributed by atoms with Gasteiger partial charge in [0, 0.05) is 25.2 Å². The predicted molar refractivity (Wildman–Crippen MR) is 65.7 cm³/mol. The number of rotatable bonds is 4.